The number of nitrogens with one attached hydrogen (secondary N) is 1. The van der Waals surface area contributed by atoms with Gasteiger partial charge in [0.15, 0.2) is 0 Å². The molecule has 1 amide bonds. The van der Waals surface area contributed by atoms with Gasteiger partial charge in [0.05, 0.1) is 5.02 Å². The number of rotatable bonds is 5. The fraction of sp³-hybridized carbons (Fsp3) is 0.214. The predicted octanol–water partition coefficient (Wildman–Crippen LogP) is 3.81. The summed E-state index contributed by atoms with van der Waals surface area (Å²) in [5.74, 6) is 0.391. The van der Waals surface area contributed by atoms with Crippen LogP contribution in [0.25, 0.3) is 0 Å². The van der Waals surface area contributed by atoms with Gasteiger partial charge in [0.25, 0.3) is 0 Å². The highest BCUT2D eigenvalue weighted by Gasteiger charge is 2.04. The van der Waals surface area contributed by atoms with Crippen LogP contribution in [0.3, 0.4) is 0 Å². The maximum Gasteiger partial charge on any atom is 0.248 e. The maximum atomic E-state index is 11.5. The number of carbonyl (C=O) groups excluding carboxylic acids is 1. The van der Waals surface area contributed by atoms with Gasteiger partial charge in [-0.25, -0.2) is 0 Å². The molecular formula is C14H16ClNO2. The molecule has 0 aliphatic rings. The molecule has 0 saturated carbocycles. The van der Waals surface area contributed by atoms with Crippen LogP contribution >= 0.6 is 11.6 Å². The molecule has 0 aliphatic heterocycles. The van der Waals surface area contributed by atoms with E-state index in [4.69, 9.17) is 16.3 Å². The number of ether oxygens (including phenoxy) is 1. The van der Waals surface area contributed by atoms with E-state index in [1.54, 1.807) is 24.3 Å². The van der Waals surface area contributed by atoms with Crippen LogP contribution in [-0.4, -0.2) is 12.5 Å². The molecule has 1 rings (SSSR count). The van der Waals surface area contributed by atoms with Gasteiger partial charge >= 0.3 is 0 Å². The molecule has 0 radical (unpaired) electrons. The van der Waals surface area contributed by atoms with Crippen molar-refractivity contribution in [3.63, 3.8) is 0 Å². The molecule has 0 aromatic heterocycles. The lowest BCUT2D eigenvalue weighted by atomic mass is 10.2. The van der Waals surface area contributed by atoms with E-state index in [1.165, 1.54) is 6.08 Å². The number of halogens is 1. The van der Waals surface area contributed by atoms with Crippen molar-refractivity contribution >= 4 is 23.2 Å². The molecule has 1 aromatic rings. The van der Waals surface area contributed by atoms with Crippen LogP contribution in [-0.2, 0) is 4.79 Å². The molecule has 96 valence electrons. The summed E-state index contributed by atoms with van der Waals surface area (Å²) in [7, 11) is 0. The first-order valence-corrected chi connectivity index (χ1v) is 5.90. The minimum absolute atomic E-state index is 0.175. The molecule has 3 nitrogen and oxygen atoms in total. The van der Waals surface area contributed by atoms with Gasteiger partial charge in [0, 0.05) is 11.8 Å². The lowest BCUT2D eigenvalue weighted by molar-refractivity contribution is -0.111. The standard InChI is InChI=1S/C14H16ClNO2/c1-4-7-18-13-6-5-11(9-12(13)15)16-14(17)8-10(2)3/h4-6,8-9H,1,7H2,2-3H3,(H,16,17). The van der Waals surface area contributed by atoms with Crippen LogP contribution in [0.15, 0.2) is 42.5 Å². The predicted molar refractivity (Wildman–Crippen MR) is 75.2 cm³/mol. The van der Waals surface area contributed by atoms with E-state index < -0.39 is 0 Å². The number of hydrogen-bond donors (Lipinski definition) is 1. The van der Waals surface area contributed by atoms with E-state index in [0.717, 1.165) is 5.57 Å². The zero-order valence-electron chi connectivity index (χ0n) is 10.5. The van der Waals surface area contributed by atoms with Gasteiger partial charge in [-0.15, -0.1) is 0 Å². The van der Waals surface area contributed by atoms with Crippen LogP contribution in [0, 0.1) is 0 Å². The zero-order chi connectivity index (χ0) is 13.5. The van der Waals surface area contributed by atoms with E-state index >= 15 is 0 Å². The molecule has 0 aliphatic carbocycles. The van der Waals surface area contributed by atoms with E-state index in [-0.39, 0.29) is 5.91 Å². The summed E-state index contributed by atoms with van der Waals surface area (Å²) in [5, 5.41) is 3.17. The highest BCUT2D eigenvalue weighted by molar-refractivity contribution is 6.32. The van der Waals surface area contributed by atoms with Gasteiger partial charge in [0.2, 0.25) is 5.91 Å². The molecule has 0 bridgehead atoms. The van der Waals surface area contributed by atoms with Crippen LogP contribution in [0.2, 0.25) is 5.02 Å². The Kier molecular flexibility index (Phi) is 5.46. The Bertz CT molecular complexity index is 477. The first-order valence-electron chi connectivity index (χ1n) is 5.52. The molecule has 1 N–H and O–H groups in total. The number of hydrogen-bond acceptors (Lipinski definition) is 2. The Labute approximate surface area is 112 Å². The van der Waals surface area contributed by atoms with Crippen LogP contribution in [0.1, 0.15) is 13.8 Å². The zero-order valence-corrected chi connectivity index (χ0v) is 11.3. The van der Waals surface area contributed by atoms with Crippen molar-refractivity contribution in [1.82, 2.24) is 0 Å². The summed E-state index contributed by atoms with van der Waals surface area (Å²) in [6, 6.07) is 5.10. The second kappa shape index (κ2) is 6.87. The number of allylic oxidation sites excluding steroid dienone is 1. The average Bonchev–Trinajstić information content (AvgIpc) is 2.26. The summed E-state index contributed by atoms with van der Waals surface area (Å²) in [6.45, 7) is 7.67. The van der Waals surface area contributed by atoms with Crippen molar-refractivity contribution in [3.05, 3.63) is 47.5 Å². The molecule has 0 saturated heterocycles. The first-order chi connectivity index (χ1) is 8.52. The van der Waals surface area contributed by atoms with Gasteiger partial charge in [-0.3, -0.25) is 4.79 Å². The summed E-state index contributed by atoms with van der Waals surface area (Å²) < 4.78 is 5.34. The highest BCUT2D eigenvalue weighted by Crippen LogP contribution is 2.27. The largest absolute Gasteiger partial charge is 0.488 e. The SMILES string of the molecule is C=CCOc1ccc(NC(=O)C=C(C)C)cc1Cl. The van der Waals surface area contributed by atoms with Crippen molar-refractivity contribution < 1.29 is 9.53 Å². The Hall–Kier alpha value is -1.74. The Balaban J connectivity index is 2.75. The second-order valence-corrected chi connectivity index (χ2v) is 4.36. The van der Waals surface area contributed by atoms with Crippen molar-refractivity contribution in [2.75, 3.05) is 11.9 Å². The minimum atomic E-state index is -0.175. The molecule has 4 heteroatoms. The van der Waals surface area contributed by atoms with Gasteiger partial charge in [-0.2, -0.15) is 0 Å². The third-order valence-corrected chi connectivity index (χ3v) is 2.27. The smallest absolute Gasteiger partial charge is 0.248 e. The molecule has 0 heterocycles. The highest BCUT2D eigenvalue weighted by atomic mass is 35.5. The normalized spacial score (nSPS) is 9.50. The molecule has 0 atom stereocenters. The van der Waals surface area contributed by atoms with Crippen LogP contribution in [0.4, 0.5) is 5.69 Å². The number of carbonyl (C=O) groups is 1. The van der Waals surface area contributed by atoms with Crippen molar-refractivity contribution in [2.24, 2.45) is 0 Å². The number of amides is 1. The van der Waals surface area contributed by atoms with Gasteiger partial charge in [-0.1, -0.05) is 29.8 Å². The second-order valence-electron chi connectivity index (χ2n) is 3.96. The first kappa shape index (κ1) is 14.3. The fourth-order valence-corrected chi connectivity index (χ4v) is 1.52. The fourth-order valence-electron chi connectivity index (χ4n) is 1.28. The van der Waals surface area contributed by atoms with Crippen LogP contribution in [0.5, 0.6) is 5.75 Å². The molecular weight excluding hydrogens is 250 g/mol. The average molecular weight is 266 g/mol. The lowest BCUT2D eigenvalue weighted by Crippen LogP contribution is -2.08. The van der Waals surface area contributed by atoms with Gasteiger partial charge in [-0.05, 0) is 32.0 Å². The Morgan fingerprint density at radius 1 is 1.50 bits per heavy atom. The van der Waals surface area contributed by atoms with Gasteiger partial charge in [0.1, 0.15) is 12.4 Å². The number of anilines is 1. The van der Waals surface area contributed by atoms with Crippen LogP contribution < -0.4 is 10.1 Å². The van der Waals surface area contributed by atoms with Crippen molar-refractivity contribution in [3.8, 4) is 5.75 Å². The summed E-state index contributed by atoms with van der Waals surface area (Å²) >= 11 is 6.03. The Morgan fingerprint density at radius 2 is 2.22 bits per heavy atom. The lowest BCUT2D eigenvalue weighted by Gasteiger charge is -2.08. The molecule has 0 fully saturated rings. The number of benzene rings is 1. The van der Waals surface area contributed by atoms with Gasteiger partial charge < -0.3 is 10.1 Å². The minimum Gasteiger partial charge on any atom is -0.488 e. The van der Waals surface area contributed by atoms with E-state index in [9.17, 15) is 4.79 Å². The summed E-state index contributed by atoms with van der Waals surface area (Å²) in [5.41, 5.74) is 1.57. The topological polar surface area (TPSA) is 38.3 Å². The Morgan fingerprint density at radius 3 is 2.78 bits per heavy atom. The van der Waals surface area contributed by atoms with Crippen molar-refractivity contribution in [1.29, 1.82) is 0 Å². The molecule has 0 unspecified atom stereocenters. The molecule has 0 spiro atoms. The maximum absolute atomic E-state index is 11.5. The third-order valence-electron chi connectivity index (χ3n) is 1.98. The quantitative estimate of drug-likeness (QED) is 0.649. The van der Waals surface area contributed by atoms with E-state index in [2.05, 4.69) is 11.9 Å². The van der Waals surface area contributed by atoms with E-state index in [1.807, 2.05) is 13.8 Å². The van der Waals surface area contributed by atoms with Crippen molar-refractivity contribution in [2.45, 2.75) is 13.8 Å². The molecule has 1 aromatic carbocycles. The summed E-state index contributed by atoms with van der Waals surface area (Å²) in [6.07, 6.45) is 3.16. The monoisotopic (exact) mass is 265 g/mol. The third kappa shape index (κ3) is 4.63. The van der Waals surface area contributed by atoms with E-state index in [0.29, 0.717) is 23.1 Å². The molecule has 18 heavy (non-hydrogen) atoms. The summed E-state index contributed by atoms with van der Waals surface area (Å²) in [4.78, 5) is 11.5.